The molecule has 2 N–H and O–H groups in total. The molecular formula is C13H15ClN2O4. The number of ether oxygens (including phenoxy) is 2. The summed E-state index contributed by atoms with van der Waals surface area (Å²) in [5.74, 6) is -0.826. The van der Waals surface area contributed by atoms with Crippen molar-refractivity contribution in [2.24, 2.45) is 0 Å². The summed E-state index contributed by atoms with van der Waals surface area (Å²) < 4.78 is 9.89. The predicted octanol–water partition coefficient (Wildman–Crippen LogP) is 1.05. The maximum atomic E-state index is 12.1. The minimum Gasteiger partial charge on any atom is -0.465 e. The second-order valence-corrected chi connectivity index (χ2v) is 4.69. The molecule has 1 aliphatic heterocycles. The molecule has 6 nitrogen and oxygen atoms in total. The molecule has 1 unspecified atom stereocenters. The number of anilines is 1. The van der Waals surface area contributed by atoms with Crippen LogP contribution >= 0.6 is 11.6 Å². The van der Waals surface area contributed by atoms with Crippen LogP contribution in [0, 0.1) is 0 Å². The van der Waals surface area contributed by atoms with Gasteiger partial charge in [0.2, 0.25) is 5.91 Å². The van der Waals surface area contributed by atoms with E-state index in [1.54, 1.807) is 12.1 Å². The van der Waals surface area contributed by atoms with Gasteiger partial charge < -0.3 is 20.1 Å². The van der Waals surface area contributed by atoms with Gasteiger partial charge in [-0.1, -0.05) is 11.6 Å². The highest BCUT2D eigenvalue weighted by atomic mass is 35.5. The van der Waals surface area contributed by atoms with Crippen LogP contribution in [0.3, 0.4) is 0 Å². The van der Waals surface area contributed by atoms with Crippen LogP contribution in [-0.2, 0) is 14.3 Å². The zero-order valence-electron chi connectivity index (χ0n) is 10.9. The monoisotopic (exact) mass is 298 g/mol. The van der Waals surface area contributed by atoms with Gasteiger partial charge in [-0.3, -0.25) is 4.79 Å². The highest BCUT2D eigenvalue weighted by Crippen LogP contribution is 2.21. The van der Waals surface area contributed by atoms with Gasteiger partial charge in [-0.25, -0.2) is 4.79 Å². The number of esters is 1. The topological polar surface area (TPSA) is 76.7 Å². The Kier molecular flexibility index (Phi) is 4.94. The molecule has 20 heavy (non-hydrogen) atoms. The number of amides is 1. The molecule has 1 atom stereocenters. The molecule has 1 fully saturated rings. The van der Waals surface area contributed by atoms with Crippen molar-refractivity contribution in [2.75, 3.05) is 32.2 Å². The van der Waals surface area contributed by atoms with Gasteiger partial charge in [0, 0.05) is 11.6 Å². The summed E-state index contributed by atoms with van der Waals surface area (Å²) >= 11 is 5.85. The van der Waals surface area contributed by atoms with Crippen LogP contribution in [0.4, 0.5) is 5.69 Å². The fraction of sp³-hybridized carbons (Fsp3) is 0.385. The van der Waals surface area contributed by atoms with Crippen molar-refractivity contribution in [3.8, 4) is 0 Å². The standard InChI is InChI=1S/C13H15ClN2O4/c1-19-13(18)9-6-8(14)2-3-10(9)16-12(17)11-7-20-5-4-15-11/h2-3,6,11,15H,4-5,7H2,1H3,(H,16,17). The fourth-order valence-corrected chi connectivity index (χ4v) is 2.03. The minimum atomic E-state index is -0.560. The normalized spacial score (nSPS) is 18.4. The first-order valence-corrected chi connectivity index (χ1v) is 6.49. The number of carbonyl (C=O) groups is 2. The average Bonchev–Trinajstić information content (AvgIpc) is 2.49. The first kappa shape index (κ1) is 14.8. The molecule has 0 radical (unpaired) electrons. The summed E-state index contributed by atoms with van der Waals surface area (Å²) in [4.78, 5) is 23.7. The highest BCUT2D eigenvalue weighted by Gasteiger charge is 2.23. The lowest BCUT2D eigenvalue weighted by Crippen LogP contribution is -2.49. The molecule has 1 aromatic carbocycles. The Hall–Kier alpha value is -1.63. The molecular weight excluding hydrogens is 284 g/mol. The van der Waals surface area contributed by atoms with E-state index < -0.39 is 12.0 Å². The van der Waals surface area contributed by atoms with Crippen molar-refractivity contribution >= 4 is 29.2 Å². The Morgan fingerprint density at radius 2 is 2.30 bits per heavy atom. The molecule has 0 bridgehead atoms. The van der Waals surface area contributed by atoms with E-state index in [9.17, 15) is 9.59 Å². The summed E-state index contributed by atoms with van der Waals surface area (Å²) in [6.07, 6.45) is 0. The average molecular weight is 299 g/mol. The van der Waals surface area contributed by atoms with Crippen molar-refractivity contribution in [1.29, 1.82) is 0 Å². The SMILES string of the molecule is COC(=O)c1cc(Cl)ccc1NC(=O)C1COCCN1. The lowest BCUT2D eigenvalue weighted by atomic mass is 10.1. The smallest absolute Gasteiger partial charge is 0.340 e. The Morgan fingerprint density at radius 1 is 1.50 bits per heavy atom. The van der Waals surface area contributed by atoms with E-state index in [-0.39, 0.29) is 11.5 Å². The van der Waals surface area contributed by atoms with E-state index in [0.29, 0.717) is 30.5 Å². The summed E-state index contributed by atoms with van der Waals surface area (Å²) in [7, 11) is 1.27. The Labute approximate surface area is 121 Å². The van der Waals surface area contributed by atoms with Crippen LogP contribution < -0.4 is 10.6 Å². The summed E-state index contributed by atoms with van der Waals surface area (Å²) in [5, 5.41) is 6.11. The molecule has 1 aliphatic rings. The molecule has 108 valence electrons. The third-order valence-corrected chi connectivity index (χ3v) is 3.12. The second kappa shape index (κ2) is 6.69. The highest BCUT2D eigenvalue weighted by molar-refractivity contribution is 6.31. The van der Waals surface area contributed by atoms with E-state index in [2.05, 4.69) is 15.4 Å². The number of carbonyl (C=O) groups excluding carboxylic acids is 2. The van der Waals surface area contributed by atoms with E-state index in [1.807, 2.05) is 0 Å². The summed E-state index contributed by atoms with van der Waals surface area (Å²) in [6, 6.07) is 4.17. The Morgan fingerprint density at radius 3 is 2.95 bits per heavy atom. The van der Waals surface area contributed by atoms with E-state index >= 15 is 0 Å². The largest absolute Gasteiger partial charge is 0.465 e. The van der Waals surface area contributed by atoms with E-state index in [4.69, 9.17) is 16.3 Å². The van der Waals surface area contributed by atoms with Gasteiger partial charge in [-0.2, -0.15) is 0 Å². The van der Waals surface area contributed by atoms with E-state index in [0.717, 1.165) is 0 Å². The van der Waals surface area contributed by atoms with Crippen LogP contribution in [0.1, 0.15) is 10.4 Å². The van der Waals surface area contributed by atoms with Gasteiger partial charge in [0.25, 0.3) is 0 Å². The maximum Gasteiger partial charge on any atom is 0.340 e. The van der Waals surface area contributed by atoms with Crippen LogP contribution in [0.2, 0.25) is 5.02 Å². The first-order valence-electron chi connectivity index (χ1n) is 6.11. The molecule has 1 heterocycles. The fourth-order valence-electron chi connectivity index (χ4n) is 1.86. The molecule has 7 heteroatoms. The molecule has 1 amide bonds. The number of hydrogen-bond donors (Lipinski definition) is 2. The number of halogens is 1. The van der Waals surface area contributed by atoms with Crippen LogP contribution in [0.25, 0.3) is 0 Å². The zero-order valence-corrected chi connectivity index (χ0v) is 11.7. The number of morpholine rings is 1. The van der Waals surface area contributed by atoms with Crippen molar-refractivity contribution in [2.45, 2.75) is 6.04 Å². The third kappa shape index (κ3) is 3.47. The van der Waals surface area contributed by atoms with Gasteiger partial charge in [-0.05, 0) is 18.2 Å². The van der Waals surface area contributed by atoms with Crippen LogP contribution in [0.5, 0.6) is 0 Å². The Bertz CT molecular complexity index is 515. The zero-order chi connectivity index (χ0) is 14.5. The van der Waals surface area contributed by atoms with Gasteiger partial charge >= 0.3 is 5.97 Å². The quantitative estimate of drug-likeness (QED) is 0.816. The van der Waals surface area contributed by atoms with Crippen LogP contribution in [-0.4, -0.2) is 44.8 Å². The molecule has 2 rings (SSSR count). The minimum absolute atomic E-state index is 0.213. The van der Waals surface area contributed by atoms with Crippen molar-refractivity contribution < 1.29 is 19.1 Å². The maximum absolute atomic E-state index is 12.1. The molecule has 1 saturated heterocycles. The molecule has 0 saturated carbocycles. The number of nitrogens with one attached hydrogen (secondary N) is 2. The molecule has 1 aromatic rings. The number of rotatable bonds is 3. The van der Waals surface area contributed by atoms with Gasteiger partial charge in [-0.15, -0.1) is 0 Å². The third-order valence-electron chi connectivity index (χ3n) is 2.88. The number of hydrogen-bond acceptors (Lipinski definition) is 5. The van der Waals surface area contributed by atoms with E-state index in [1.165, 1.54) is 13.2 Å². The van der Waals surface area contributed by atoms with Crippen molar-refractivity contribution in [3.63, 3.8) is 0 Å². The van der Waals surface area contributed by atoms with Crippen molar-refractivity contribution in [3.05, 3.63) is 28.8 Å². The van der Waals surface area contributed by atoms with Gasteiger partial charge in [0.1, 0.15) is 6.04 Å². The lowest BCUT2D eigenvalue weighted by molar-refractivity contribution is -0.120. The van der Waals surface area contributed by atoms with Gasteiger partial charge in [0.05, 0.1) is 31.6 Å². The second-order valence-electron chi connectivity index (χ2n) is 4.25. The number of methoxy groups -OCH3 is 1. The van der Waals surface area contributed by atoms with Crippen molar-refractivity contribution in [1.82, 2.24) is 5.32 Å². The number of benzene rings is 1. The summed E-state index contributed by atoms with van der Waals surface area (Å²) in [5.41, 5.74) is 0.573. The first-order chi connectivity index (χ1) is 9.61. The summed E-state index contributed by atoms with van der Waals surface area (Å²) in [6.45, 7) is 1.49. The molecule has 0 aliphatic carbocycles. The lowest BCUT2D eigenvalue weighted by Gasteiger charge is -2.23. The van der Waals surface area contributed by atoms with Crippen LogP contribution in [0.15, 0.2) is 18.2 Å². The Balaban J connectivity index is 2.15. The van der Waals surface area contributed by atoms with Gasteiger partial charge in [0.15, 0.2) is 0 Å². The molecule has 0 aromatic heterocycles. The predicted molar refractivity (Wildman–Crippen MR) is 74.0 cm³/mol. The molecule has 0 spiro atoms.